The molecule has 6 rings (SSSR count). The van der Waals surface area contributed by atoms with E-state index in [1.165, 1.54) is 63.7 Å². The van der Waals surface area contributed by atoms with E-state index in [0.717, 1.165) is 45.6 Å². The van der Waals surface area contributed by atoms with Crippen molar-refractivity contribution in [3.05, 3.63) is 42.0 Å². The Morgan fingerprint density at radius 2 is 1.22 bits per heavy atom. The second-order valence-corrected chi connectivity index (χ2v) is 32.0. The molecule has 0 saturated carbocycles. The number of nitrogens with two attached hydrogens (primary N) is 2. The number of carboxylic acids is 5. The SMILES string of the molecule is CC1(C)S[C@@H]2[C@H](NC(=O)[C@H](N)c3ccc(O)cc3)C(=O)N2[C@H]1C(=O)O.CCC(C)CCCCC/C=C/CC(=O)NC(CC(=O)O)C(=O)N(C)C(CC(=O)O)C(=O)NC(CC(=O)O)C(=O)NCC(=O)NC(CC(=O)O)C(=O)NCC(=O)NC(C(=O)NC(C(=O)N1CCCC1C(=O)NC1C(=O)N2CCCCC2C(=O)NC1C)C(C)C)C(C)N.[H-].[Na+]. The number of unbranched alkanes of at least 4 members (excludes halogenated alkanes) is 3. The van der Waals surface area contributed by atoms with Crippen LogP contribution >= 0.6 is 11.8 Å². The molecule has 1 aromatic rings. The van der Waals surface area contributed by atoms with Gasteiger partial charge in [0.25, 0.3) is 0 Å². The van der Waals surface area contributed by atoms with Crippen LogP contribution in [0.15, 0.2) is 36.4 Å². The number of allylic oxidation sites excluding steroid dienone is 1. The van der Waals surface area contributed by atoms with Crippen LogP contribution in [0.3, 0.4) is 0 Å². The van der Waals surface area contributed by atoms with Crippen LogP contribution in [0.4, 0.5) is 0 Å². The Balaban J connectivity index is 0.00000112. The Morgan fingerprint density at radius 1 is 0.650 bits per heavy atom. The number of aliphatic carboxylic acids is 5. The number of likely N-dealkylation sites (tertiary alicyclic amines) is 1. The molecule has 43 heteroatoms. The van der Waals surface area contributed by atoms with Crippen molar-refractivity contribution in [2.45, 2.75) is 253 Å². The normalized spacial score (nSPS) is 21.4. The molecule has 644 valence electrons. The first-order valence-electron chi connectivity index (χ1n) is 38.3. The van der Waals surface area contributed by atoms with Gasteiger partial charge in [0.05, 0.1) is 44.8 Å². The Labute approximate surface area is 703 Å². The molecule has 5 fully saturated rings. The number of β-lactam (4-membered cyclic amide) rings is 1. The maximum Gasteiger partial charge on any atom is 1.00 e. The van der Waals surface area contributed by atoms with Crippen LogP contribution in [0.2, 0.25) is 0 Å². The third-order valence-corrected chi connectivity index (χ3v) is 21.9. The fourth-order valence-corrected chi connectivity index (χ4v) is 15.4. The zero-order valence-corrected chi connectivity index (χ0v) is 70.0. The molecule has 117 heavy (non-hydrogen) atoms. The maximum atomic E-state index is 14.2. The molecule has 0 aliphatic carbocycles. The van der Waals surface area contributed by atoms with Crippen molar-refractivity contribution in [1.29, 1.82) is 0 Å². The standard InChI is InChI=1S/C58H91N13O20.C16H19N3O5S.Na.H/c1-8-31(4)18-13-11-9-10-12-14-21-40(72)64-36(26-45(79)80)56(89)69(7)39(27-46(81)82)54(87)65-35(25-44(77)78)51(84)60-28-41(73)63-34(24-43(75)76)50(83)61-29-42(74)66-48(32(5)59)55(88)67-47(30(2)3)57(90)71-23-17-20-38(71)53(86)68-49-33(6)62-52(85)37-19-15-16-22-70(37)58(49)91;1-16(2)11(15(23)24)19-13(22)10(14(19)25-16)18-12(21)9(17)7-3-5-8(20)6-4-7;;/h12,14,30-39,47-49H,8-11,13,15-29,59H2,1-7H3,(H,60,84)(H,61,83)(H,62,85)(H,63,73)(H,64,72)(H,65,87)(H,66,74)(H,67,88)(H,68,86)(H,75,76)(H,77,78)(H,79,80)(H,81,82);3-6,9-11,14,20H,17H2,1-2H3,(H,18,21)(H,23,24);;/q;;+1;-1/b14-12+;;;/t;9-,10-,11+,14-;;/m.1../s1. The van der Waals surface area contributed by atoms with Crippen molar-refractivity contribution < 1.29 is 153 Å². The fraction of sp³-hybridized carbons (Fsp3) is 0.635. The van der Waals surface area contributed by atoms with Gasteiger partial charge in [-0.15, -0.1) is 11.8 Å². The summed E-state index contributed by atoms with van der Waals surface area (Å²) in [7, 11) is 0.907. The van der Waals surface area contributed by atoms with Crippen LogP contribution in [-0.2, 0) is 91.1 Å². The Kier molecular flexibility index (Phi) is 39.2. The number of nitrogens with zero attached hydrogens (tertiary/aromatic N) is 4. The molecule has 0 bridgehead atoms. The number of carbonyl (C=O) groups is 19. The molecule has 0 spiro atoms. The Hall–Kier alpha value is -10.0. The molecular weight excluding hydrogens is 1570 g/mol. The van der Waals surface area contributed by atoms with Crippen molar-refractivity contribution in [3.8, 4) is 5.75 Å². The van der Waals surface area contributed by atoms with E-state index in [1.807, 2.05) is 16.0 Å². The van der Waals surface area contributed by atoms with Gasteiger partial charge in [0.15, 0.2) is 0 Å². The number of phenols is 1. The predicted molar refractivity (Wildman–Crippen MR) is 411 cm³/mol. The van der Waals surface area contributed by atoms with Gasteiger partial charge in [-0.05, 0) is 102 Å². The van der Waals surface area contributed by atoms with Crippen LogP contribution in [0, 0.1) is 11.8 Å². The summed E-state index contributed by atoms with van der Waals surface area (Å²) < 4.78 is -0.648. The van der Waals surface area contributed by atoms with Crippen LogP contribution < -0.4 is 94.2 Å². The molecule has 1 aromatic carbocycles. The number of amides is 14. The molecule has 16 atom stereocenters. The summed E-state index contributed by atoms with van der Waals surface area (Å²) in [6, 6.07) is -12.3. The number of thioether (sulfide) groups is 1. The minimum absolute atomic E-state index is 0. The van der Waals surface area contributed by atoms with Gasteiger partial charge in [-0.2, -0.15) is 0 Å². The van der Waals surface area contributed by atoms with Crippen LogP contribution in [0.25, 0.3) is 0 Å². The molecule has 12 unspecified atom stereocenters. The molecule has 5 aliphatic rings. The number of carbonyl (C=O) groups excluding carboxylic acids is 14. The van der Waals surface area contributed by atoms with Gasteiger partial charge in [0, 0.05) is 37.3 Å². The first-order valence-corrected chi connectivity index (χ1v) is 39.2. The number of piperidine rings is 1. The van der Waals surface area contributed by atoms with Crippen molar-refractivity contribution in [2.75, 3.05) is 33.2 Å². The monoisotopic (exact) mass is 1680 g/mol. The van der Waals surface area contributed by atoms with E-state index in [1.54, 1.807) is 40.7 Å². The van der Waals surface area contributed by atoms with E-state index in [9.17, 15) is 122 Å². The van der Waals surface area contributed by atoms with E-state index in [0.29, 0.717) is 48.6 Å². The number of aromatic hydroxyl groups is 1. The number of phenolic OH excluding ortho intramolecular Hbond substituents is 1. The second-order valence-electron chi connectivity index (χ2n) is 30.2. The molecule has 41 nitrogen and oxygen atoms in total. The molecule has 5 aliphatic heterocycles. The number of nitrogens with one attached hydrogen (secondary N) is 10. The number of rotatable bonds is 41. The summed E-state index contributed by atoms with van der Waals surface area (Å²) in [5.74, 6) is -20.0. The van der Waals surface area contributed by atoms with Gasteiger partial charge in [-0.25, -0.2) is 4.79 Å². The summed E-state index contributed by atoms with van der Waals surface area (Å²) in [6.07, 6.45) is 6.79. The summed E-state index contributed by atoms with van der Waals surface area (Å²) in [5, 5.41) is 80.1. The third kappa shape index (κ3) is 28.9. The van der Waals surface area contributed by atoms with Gasteiger partial charge in [-0.1, -0.05) is 77.7 Å². The Morgan fingerprint density at radius 3 is 1.79 bits per heavy atom. The van der Waals surface area contributed by atoms with Gasteiger partial charge >= 0.3 is 59.4 Å². The van der Waals surface area contributed by atoms with E-state index in [2.05, 4.69) is 51.1 Å². The molecule has 20 N–H and O–H groups in total. The average Bonchev–Trinajstić information content (AvgIpc) is 1.56. The summed E-state index contributed by atoms with van der Waals surface area (Å²) in [6.45, 7) is 12.4. The predicted octanol–water partition coefficient (Wildman–Crippen LogP) is -6.17. The van der Waals surface area contributed by atoms with E-state index < -0.39 is 246 Å². The fourth-order valence-electron chi connectivity index (χ4n) is 13.7. The van der Waals surface area contributed by atoms with Crippen LogP contribution in [0.1, 0.15) is 171 Å². The molecule has 0 radical (unpaired) electrons. The number of likely N-dealkylation sites (N-methyl/N-ethyl adjacent to an activating group) is 1. The summed E-state index contributed by atoms with van der Waals surface area (Å²) >= 11 is 1.35. The number of carboxylic acid groups (broad SMARTS) is 5. The largest absolute Gasteiger partial charge is 1.00 e. The van der Waals surface area contributed by atoms with E-state index >= 15 is 0 Å². The quantitative estimate of drug-likeness (QED) is 0.0126. The molecular formula is C74H111N16NaO25S. The van der Waals surface area contributed by atoms with Crippen molar-refractivity contribution in [3.63, 3.8) is 0 Å². The molecule has 0 aromatic heterocycles. The number of hydrogen-bond donors (Lipinski definition) is 18. The van der Waals surface area contributed by atoms with E-state index in [-0.39, 0.29) is 62.0 Å². The van der Waals surface area contributed by atoms with Gasteiger partial charge < -0.3 is 116 Å². The zero-order chi connectivity index (χ0) is 86.9. The van der Waals surface area contributed by atoms with Crippen molar-refractivity contribution in [2.24, 2.45) is 23.3 Å². The minimum atomic E-state index is -2.10. The second kappa shape index (κ2) is 46.2. The van der Waals surface area contributed by atoms with Crippen molar-refractivity contribution in [1.82, 2.24) is 72.8 Å². The molecule has 14 amide bonds. The first-order chi connectivity index (χ1) is 54.4. The zero-order valence-electron chi connectivity index (χ0n) is 68.2. The van der Waals surface area contributed by atoms with Gasteiger partial charge in [0.2, 0.25) is 82.7 Å². The summed E-state index contributed by atoms with van der Waals surface area (Å²) in [5.41, 5.74) is 12.5. The molecule has 5 saturated heterocycles. The average molecular weight is 1680 g/mol. The topological polar surface area (TPSA) is 631 Å². The van der Waals surface area contributed by atoms with E-state index in [4.69, 9.17) is 11.5 Å². The molecule has 5 heterocycles. The third-order valence-electron chi connectivity index (χ3n) is 20.3. The van der Waals surface area contributed by atoms with Gasteiger partial charge in [-0.3, -0.25) is 86.3 Å². The number of benzene rings is 1. The first kappa shape index (κ1) is 99.3. The number of hydrogen-bond acceptors (Lipinski definition) is 23. The smallest absolute Gasteiger partial charge is 1.00 e. The minimum Gasteiger partial charge on any atom is -1.00 e. The van der Waals surface area contributed by atoms with Crippen LogP contribution in [0.5, 0.6) is 5.75 Å². The van der Waals surface area contributed by atoms with Crippen LogP contribution in [-0.4, -0.2) is 285 Å². The van der Waals surface area contributed by atoms with Gasteiger partial charge in [0.1, 0.15) is 83.6 Å². The maximum absolute atomic E-state index is 14.2. The summed E-state index contributed by atoms with van der Waals surface area (Å²) in [4.78, 5) is 250. The van der Waals surface area contributed by atoms with Crippen molar-refractivity contribution >= 4 is 124 Å². The Bertz CT molecular complexity index is 3860. The number of fused-ring (bicyclic) bond motifs is 2.